The molecule has 4 aliphatic carbocycles. The minimum atomic E-state index is -4.61. The Morgan fingerprint density at radius 1 is 1.00 bits per heavy atom. The van der Waals surface area contributed by atoms with Crippen molar-refractivity contribution < 1.29 is 22.3 Å². The smallest absolute Gasteiger partial charge is 0.217 e. The van der Waals surface area contributed by atoms with Crippen LogP contribution in [0.3, 0.4) is 0 Å². The Balaban J connectivity index is 1.52. The van der Waals surface area contributed by atoms with Crippen molar-refractivity contribution in [3.63, 3.8) is 0 Å². The lowest BCUT2D eigenvalue weighted by atomic mass is 9.44. The van der Waals surface area contributed by atoms with Gasteiger partial charge in [0.15, 0.2) is 0 Å². The van der Waals surface area contributed by atoms with Gasteiger partial charge in [-0.1, -0.05) is 13.8 Å². The molecule has 1 N–H and O–H groups in total. The van der Waals surface area contributed by atoms with Crippen LogP contribution in [0.5, 0.6) is 0 Å². The highest BCUT2D eigenvalue weighted by Crippen LogP contribution is 2.67. The van der Waals surface area contributed by atoms with Crippen LogP contribution in [0.15, 0.2) is 0 Å². The highest BCUT2D eigenvalue weighted by Gasteiger charge is 2.60. The monoisotopic (exact) mass is 399 g/mol. The predicted octanol–water partition coefficient (Wildman–Crippen LogP) is 3.87. The van der Waals surface area contributed by atoms with Crippen LogP contribution in [0.2, 0.25) is 0 Å². The van der Waals surface area contributed by atoms with E-state index in [-0.39, 0.29) is 16.9 Å². The molecule has 0 aliphatic heterocycles. The van der Waals surface area contributed by atoms with Crippen molar-refractivity contribution in [3.05, 3.63) is 0 Å². The summed E-state index contributed by atoms with van der Waals surface area (Å²) >= 11 is 0. The van der Waals surface area contributed by atoms with Gasteiger partial charge in [-0.25, -0.2) is 8.42 Å². The number of rotatable bonds is 3. The van der Waals surface area contributed by atoms with E-state index in [1.807, 2.05) is 6.92 Å². The van der Waals surface area contributed by atoms with E-state index in [2.05, 4.69) is 13.8 Å². The zero-order valence-corrected chi connectivity index (χ0v) is 17.7. The summed E-state index contributed by atoms with van der Waals surface area (Å²) in [6.45, 7) is 6.81. The Morgan fingerprint density at radius 3 is 2.33 bits per heavy atom. The lowest BCUT2D eigenvalue weighted by Gasteiger charge is -2.61. The molecule has 9 atom stereocenters. The lowest BCUT2D eigenvalue weighted by molar-refractivity contribution is -0.130. The standard InChI is InChI=1S/C21H36O5S/c1-13(22)17-6-7-18-16-5-4-14-12-15(26-27(23,24)25)8-10-20(14,2)19(16)9-11-21(17,18)3/h13-19,22H,4-12H2,1-3H3,(H,23,24,25)/p-1/t13-,14-,15+,16-,17+,18-,19-,20-,21+/m0/s1. The van der Waals surface area contributed by atoms with Crippen molar-refractivity contribution in [1.29, 1.82) is 0 Å². The van der Waals surface area contributed by atoms with E-state index in [0.717, 1.165) is 25.2 Å². The van der Waals surface area contributed by atoms with Gasteiger partial charge in [0.2, 0.25) is 10.4 Å². The van der Waals surface area contributed by atoms with Crippen molar-refractivity contribution in [1.82, 2.24) is 0 Å². The molecule has 0 aromatic heterocycles. The first-order valence-electron chi connectivity index (χ1n) is 10.9. The fourth-order valence-corrected chi connectivity index (χ4v) is 8.81. The molecule has 0 aromatic carbocycles. The summed E-state index contributed by atoms with van der Waals surface area (Å²) in [6, 6.07) is 0. The molecule has 156 valence electrons. The van der Waals surface area contributed by atoms with Crippen LogP contribution < -0.4 is 0 Å². The van der Waals surface area contributed by atoms with Crippen molar-refractivity contribution in [2.75, 3.05) is 0 Å². The Kier molecular flexibility index (Phi) is 4.98. The molecule has 4 saturated carbocycles. The third kappa shape index (κ3) is 3.28. The third-order valence-corrected chi connectivity index (χ3v) is 10.0. The van der Waals surface area contributed by atoms with Crippen LogP contribution in [0.25, 0.3) is 0 Å². The maximum absolute atomic E-state index is 11.0. The summed E-state index contributed by atoms with van der Waals surface area (Å²) in [6.07, 6.45) is 8.83. The van der Waals surface area contributed by atoms with Crippen LogP contribution in [0.4, 0.5) is 0 Å². The minimum Gasteiger partial charge on any atom is -0.726 e. The van der Waals surface area contributed by atoms with Crippen LogP contribution >= 0.6 is 0 Å². The van der Waals surface area contributed by atoms with E-state index in [4.69, 9.17) is 4.18 Å². The summed E-state index contributed by atoms with van der Waals surface area (Å²) in [5.41, 5.74) is 0.509. The second-order valence-electron chi connectivity index (χ2n) is 10.5. The van der Waals surface area contributed by atoms with Gasteiger partial charge < -0.3 is 9.66 Å². The summed E-state index contributed by atoms with van der Waals surface area (Å²) < 4.78 is 37.9. The van der Waals surface area contributed by atoms with Gasteiger partial charge >= 0.3 is 0 Å². The van der Waals surface area contributed by atoms with Crippen LogP contribution in [-0.4, -0.2) is 30.3 Å². The fraction of sp³-hybridized carbons (Fsp3) is 1.00. The van der Waals surface area contributed by atoms with Crippen molar-refractivity contribution in [2.45, 2.75) is 90.8 Å². The van der Waals surface area contributed by atoms with E-state index >= 15 is 0 Å². The molecule has 4 aliphatic rings. The van der Waals surface area contributed by atoms with E-state index in [9.17, 15) is 18.1 Å². The molecule has 4 rings (SSSR count). The Bertz CT molecular complexity index is 676. The van der Waals surface area contributed by atoms with Crippen molar-refractivity contribution >= 4 is 10.4 Å². The topological polar surface area (TPSA) is 86.7 Å². The molecule has 0 unspecified atom stereocenters. The first-order valence-corrected chi connectivity index (χ1v) is 12.2. The van der Waals surface area contributed by atoms with Crippen molar-refractivity contribution in [3.8, 4) is 0 Å². The third-order valence-electron chi connectivity index (χ3n) is 9.53. The average Bonchev–Trinajstić information content (AvgIpc) is 2.91. The molecule has 5 nitrogen and oxygen atoms in total. The van der Waals surface area contributed by atoms with Gasteiger partial charge in [-0.15, -0.1) is 0 Å². The molecule has 0 saturated heterocycles. The van der Waals surface area contributed by atoms with Crippen LogP contribution in [0.1, 0.15) is 78.6 Å². The maximum Gasteiger partial charge on any atom is 0.217 e. The van der Waals surface area contributed by atoms with E-state index in [1.54, 1.807) is 0 Å². The molecule has 0 bridgehead atoms. The molecule has 0 radical (unpaired) electrons. The second-order valence-corrected chi connectivity index (χ2v) is 11.5. The van der Waals surface area contributed by atoms with Gasteiger partial charge in [0.25, 0.3) is 0 Å². The van der Waals surface area contributed by atoms with Crippen LogP contribution in [-0.2, 0) is 14.6 Å². The molecule has 4 fully saturated rings. The SMILES string of the molecule is C[C@H](O)[C@H]1CC[C@H]2[C@@H]3CC[C@H]4C[C@H](OS(=O)(=O)[O-])CC[C@]4(C)[C@H]3CC[C@]12C. The number of aliphatic hydroxyl groups excluding tert-OH is 1. The number of hydrogen-bond acceptors (Lipinski definition) is 5. The molecular formula is C21H35O5S-. The molecule has 0 heterocycles. The van der Waals surface area contributed by atoms with Gasteiger partial charge in [-0.2, -0.15) is 0 Å². The van der Waals surface area contributed by atoms with Gasteiger partial charge in [0.1, 0.15) is 0 Å². The predicted molar refractivity (Wildman–Crippen MR) is 101 cm³/mol. The average molecular weight is 400 g/mol. The molecule has 0 amide bonds. The number of aliphatic hydroxyl groups is 1. The first-order chi connectivity index (χ1) is 12.5. The number of fused-ring (bicyclic) bond motifs is 5. The van der Waals surface area contributed by atoms with E-state index in [1.165, 1.54) is 25.7 Å². The van der Waals surface area contributed by atoms with Crippen LogP contribution in [0, 0.1) is 40.4 Å². The molecular weight excluding hydrogens is 364 g/mol. The van der Waals surface area contributed by atoms with E-state index in [0.29, 0.717) is 36.5 Å². The normalized spacial score (nSPS) is 51.1. The Hall–Kier alpha value is -0.170. The zero-order chi connectivity index (χ0) is 19.6. The quantitative estimate of drug-likeness (QED) is 0.575. The zero-order valence-electron chi connectivity index (χ0n) is 16.9. The summed E-state index contributed by atoms with van der Waals surface area (Å²) in [5, 5.41) is 10.3. The maximum atomic E-state index is 11.0. The summed E-state index contributed by atoms with van der Waals surface area (Å²) in [5.74, 6) is 3.02. The Labute approximate surface area is 164 Å². The van der Waals surface area contributed by atoms with Crippen molar-refractivity contribution in [2.24, 2.45) is 40.4 Å². The Morgan fingerprint density at radius 2 is 1.67 bits per heavy atom. The minimum absolute atomic E-state index is 0.217. The number of hydrogen-bond donors (Lipinski definition) is 1. The fourth-order valence-electron chi connectivity index (χ4n) is 8.31. The summed E-state index contributed by atoms with van der Waals surface area (Å²) in [4.78, 5) is 0. The van der Waals surface area contributed by atoms with Gasteiger partial charge in [0, 0.05) is 0 Å². The molecule has 27 heavy (non-hydrogen) atoms. The first kappa shape index (κ1) is 20.1. The molecule has 0 spiro atoms. The van der Waals surface area contributed by atoms with E-state index < -0.39 is 16.5 Å². The lowest BCUT2D eigenvalue weighted by Crippen LogP contribution is -2.54. The second kappa shape index (κ2) is 6.68. The van der Waals surface area contributed by atoms with Gasteiger partial charge in [-0.05, 0) is 105 Å². The largest absolute Gasteiger partial charge is 0.726 e. The molecule has 0 aromatic rings. The highest BCUT2D eigenvalue weighted by atomic mass is 32.3. The van der Waals surface area contributed by atoms with Gasteiger partial charge in [-0.3, -0.25) is 4.18 Å². The highest BCUT2D eigenvalue weighted by molar-refractivity contribution is 7.80. The van der Waals surface area contributed by atoms with Gasteiger partial charge in [0.05, 0.1) is 12.2 Å². The summed E-state index contributed by atoms with van der Waals surface area (Å²) in [7, 11) is -4.61. The molecule has 6 heteroatoms.